The van der Waals surface area contributed by atoms with Crippen molar-refractivity contribution in [2.75, 3.05) is 25.5 Å². The Labute approximate surface area is 188 Å². The van der Waals surface area contributed by atoms with Gasteiger partial charge in [0.25, 0.3) is 0 Å². The molecule has 0 N–H and O–H groups in total. The van der Waals surface area contributed by atoms with Crippen LogP contribution in [0.4, 0.5) is 5.95 Å². The summed E-state index contributed by atoms with van der Waals surface area (Å²) in [6.45, 7) is 4.73. The van der Waals surface area contributed by atoms with Gasteiger partial charge in [-0.25, -0.2) is 9.97 Å². The van der Waals surface area contributed by atoms with Crippen LogP contribution in [0.1, 0.15) is 62.5 Å². The van der Waals surface area contributed by atoms with Crippen molar-refractivity contribution < 1.29 is 9.21 Å². The van der Waals surface area contributed by atoms with Gasteiger partial charge < -0.3 is 14.2 Å². The number of aryl methyl sites for hydroxylation is 1. The van der Waals surface area contributed by atoms with Crippen LogP contribution in [-0.2, 0) is 11.2 Å². The first-order valence-corrected chi connectivity index (χ1v) is 11.2. The van der Waals surface area contributed by atoms with E-state index >= 15 is 0 Å². The largest absolute Gasteiger partial charge is 0.425 e. The molecule has 1 aliphatic heterocycles. The van der Waals surface area contributed by atoms with Crippen molar-refractivity contribution in [3.8, 4) is 11.1 Å². The van der Waals surface area contributed by atoms with Crippen LogP contribution in [0.2, 0.25) is 0 Å². The minimum atomic E-state index is -0.0756. The molecule has 0 unspecified atom stereocenters. The number of carbonyl (C=O) groups is 1. The van der Waals surface area contributed by atoms with Crippen LogP contribution < -0.4 is 4.90 Å². The molecule has 8 nitrogen and oxygen atoms in total. The van der Waals surface area contributed by atoms with Gasteiger partial charge in [-0.15, -0.1) is 10.2 Å². The maximum atomic E-state index is 13.2. The van der Waals surface area contributed by atoms with Gasteiger partial charge in [0.1, 0.15) is 0 Å². The Morgan fingerprint density at radius 2 is 2.00 bits per heavy atom. The fourth-order valence-electron chi connectivity index (χ4n) is 4.00. The number of nitrogens with zero attached hydrogens (tertiary/aromatic N) is 6. The molecule has 2 aromatic heterocycles. The topological polar surface area (TPSA) is 88.3 Å². The average molecular weight is 435 g/mol. The zero-order valence-corrected chi connectivity index (χ0v) is 19.2. The summed E-state index contributed by atoms with van der Waals surface area (Å²) in [5.41, 5.74) is 2.93. The first kappa shape index (κ1) is 21.9. The molecule has 0 saturated carbocycles. The number of likely N-dealkylation sites (tertiary alicyclic amines) is 1. The molecule has 0 spiro atoms. The van der Waals surface area contributed by atoms with Crippen LogP contribution in [-0.4, -0.2) is 51.6 Å². The minimum Gasteiger partial charge on any atom is -0.425 e. The van der Waals surface area contributed by atoms with Crippen molar-refractivity contribution in [1.29, 1.82) is 0 Å². The Morgan fingerprint density at radius 1 is 1.22 bits per heavy atom. The average Bonchev–Trinajstić information content (AvgIpc) is 3.47. The Bertz CT molecular complexity index is 1060. The molecule has 0 aliphatic carbocycles. The number of rotatable bonds is 7. The normalized spacial score (nSPS) is 16.0. The second-order valence-corrected chi connectivity index (χ2v) is 8.66. The summed E-state index contributed by atoms with van der Waals surface area (Å²) in [4.78, 5) is 26.5. The molecule has 168 valence electrons. The van der Waals surface area contributed by atoms with E-state index in [9.17, 15) is 4.79 Å². The number of carbonyl (C=O) groups excluding carboxylic acids is 1. The summed E-state index contributed by atoms with van der Waals surface area (Å²) in [5.74, 6) is 2.03. The summed E-state index contributed by atoms with van der Waals surface area (Å²) >= 11 is 0. The second-order valence-electron chi connectivity index (χ2n) is 8.66. The molecule has 1 aromatic carbocycles. The van der Waals surface area contributed by atoms with Crippen LogP contribution in [0.5, 0.6) is 0 Å². The van der Waals surface area contributed by atoms with Crippen molar-refractivity contribution >= 4 is 11.9 Å². The number of anilines is 1. The van der Waals surface area contributed by atoms with Crippen LogP contribution in [0.25, 0.3) is 11.1 Å². The monoisotopic (exact) mass is 434 g/mol. The molecule has 3 aromatic rings. The number of hydrogen-bond acceptors (Lipinski definition) is 7. The lowest BCUT2D eigenvalue weighted by molar-refractivity contribution is -0.132. The van der Waals surface area contributed by atoms with Gasteiger partial charge in [0.15, 0.2) is 0 Å². The molecule has 1 atom stereocenters. The fourth-order valence-corrected chi connectivity index (χ4v) is 4.00. The molecule has 1 fully saturated rings. The highest BCUT2D eigenvalue weighted by Crippen LogP contribution is 2.37. The van der Waals surface area contributed by atoms with Crippen LogP contribution in [0, 0.1) is 0 Å². The smallest absolute Gasteiger partial charge is 0.225 e. The lowest BCUT2D eigenvalue weighted by Crippen LogP contribution is -2.32. The van der Waals surface area contributed by atoms with Crippen molar-refractivity contribution in [2.24, 2.45) is 0 Å². The Morgan fingerprint density at radius 3 is 2.69 bits per heavy atom. The van der Waals surface area contributed by atoms with E-state index in [1.54, 1.807) is 0 Å². The van der Waals surface area contributed by atoms with Crippen LogP contribution >= 0.6 is 0 Å². The van der Waals surface area contributed by atoms with E-state index in [0.29, 0.717) is 30.6 Å². The molecule has 8 heteroatoms. The molecule has 32 heavy (non-hydrogen) atoms. The molecule has 0 radical (unpaired) electrons. The van der Waals surface area contributed by atoms with Crippen molar-refractivity contribution in [3.63, 3.8) is 0 Å². The van der Waals surface area contributed by atoms with Crippen molar-refractivity contribution in [3.05, 3.63) is 54.0 Å². The third-order valence-corrected chi connectivity index (χ3v) is 5.71. The van der Waals surface area contributed by atoms with E-state index in [-0.39, 0.29) is 17.9 Å². The van der Waals surface area contributed by atoms with Gasteiger partial charge in [0, 0.05) is 51.2 Å². The quantitative estimate of drug-likeness (QED) is 0.555. The Kier molecular flexibility index (Phi) is 6.48. The van der Waals surface area contributed by atoms with E-state index in [4.69, 9.17) is 9.40 Å². The zero-order chi connectivity index (χ0) is 22.7. The molecule has 1 amide bonds. The molecule has 0 bridgehead atoms. The van der Waals surface area contributed by atoms with Gasteiger partial charge in [-0.1, -0.05) is 44.2 Å². The molecule has 1 aliphatic rings. The van der Waals surface area contributed by atoms with E-state index in [1.807, 2.05) is 62.1 Å². The standard InChI is InChI=1S/C24H30N6O2/c1-16(2)23-28-27-20(32-23)12-13-21(31)30-14-8-11-19(30)22-18(17-9-6-5-7-10-17)15-25-24(26-22)29(3)4/h5-7,9-10,15-16,19H,8,11-14H2,1-4H3/t19-/m0/s1. The van der Waals surface area contributed by atoms with Gasteiger partial charge >= 0.3 is 0 Å². The lowest BCUT2D eigenvalue weighted by atomic mass is 9.99. The predicted molar refractivity (Wildman–Crippen MR) is 122 cm³/mol. The lowest BCUT2D eigenvalue weighted by Gasteiger charge is -2.27. The summed E-state index contributed by atoms with van der Waals surface area (Å²) < 4.78 is 5.67. The SMILES string of the molecule is CC(C)c1nnc(CCC(=O)N2CCC[C@H]2c2nc(N(C)C)ncc2-c2ccccc2)o1. The molecular weight excluding hydrogens is 404 g/mol. The van der Waals surface area contributed by atoms with Crippen molar-refractivity contribution in [2.45, 2.75) is 51.5 Å². The highest BCUT2D eigenvalue weighted by atomic mass is 16.4. The zero-order valence-electron chi connectivity index (χ0n) is 19.2. The summed E-state index contributed by atoms with van der Waals surface area (Å²) in [6.07, 6.45) is 4.49. The minimum absolute atomic E-state index is 0.0756. The summed E-state index contributed by atoms with van der Waals surface area (Å²) in [5, 5.41) is 8.15. The van der Waals surface area contributed by atoms with Gasteiger partial charge in [-0.2, -0.15) is 0 Å². The highest BCUT2D eigenvalue weighted by Gasteiger charge is 2.33. The maximum Gasteiger partial charge on any atom is 0.225 e. The van der Waals surface area contributed by atoms with Gasteiger partial charge in [0.05, 0.1) is 11.7 Å². The molecule has 3 heterocycles. The Hall–Kier alpha value is -3.29. The number of benzene rings is 1. The van der Waals surface area contributed by atoms with Crippen LogP contribution in [0.3, 0.4) is 0 Å². The summed E-state index contributed by atoms with van der Waals surface area (Å²) in [7, 11) is 3.85. The van der Waals surface area contributed by atoms with E-state index < -0.39 is 0 Å². The molecular formula is C24H30N6O2. The maximum absolute atomic E-state index is 13.2. The number of hydrogen-bond donors (Lipinski definition) is 0. The third-order valence-electron chi connectivity index (χ3n) is 5.71. The Balaban J connectivity index is 1.57. The number of amides is 1. The first-order valence-electron chi connectivity index (χ1n) is 11.2. The van der Waals surface area contributed by atoms with Crippen LogP contribution in [0.15, 0.2) is 40.9 Å². The first-order chi connectivity index (χ1) is 15.4. The second kappa shape index (κ2) is 9.46. The molecule has 4 rings (SSSR count). The van der Waals surface area contributed by atoms with E-state index in [0.717, 1.165) is 36.2 Å². The third kappa shape index (κ3) is 4.64. The predicted octanol–water partition coefficient (Wildman–Crippen LogP) is 4.01. The number of aromatic nitrogens is 4. The van der Waals surface area contributed by atoms with Gasteiger partial charge in [0.2, 0.25) is 23.6 Å². The van der Waals surface area contributed by atoms with Gasteiger partial charge in [-0.3, -0.25) is 4.79 Å². The molecule has 1 saturated heterocycles. The summed E-state index contributed by atoms with van der Waals surface area (Å²) in [6, 6.07) is 10.0. The van der Waals surface area contributed by atoms with Crippen molar-refractivity contribution in [1.82, 2.24) is 25.1 Å². The highest BCUT2D eigenvalue weighted by molar-refractivity contribution is 5.78. The fraction of sp³-hybridized carbons (Fsp3) is 0.458. The van der Waals surface area contributed by atoms with E-state index in [2.05, 4.69) is 27.3 Å². The van der Waals surface area contributed by atoms with E-state index in [1.165, 1.54) is 0 Å². The van der Waals surface area contributed by atoms with Gasteiger partial charge in [-0.05, 0) is 18.4 Å².